The molecule has 0 unspecified atom stereocenters. The third-order valence-corrected chi connectivity index (χ3v) is 6.12. The molecular weight excluding hydrogens is 416 g/mol. The molecule has 0 saturated heterocycles. The zero-order valence-corrected chi connectivity index (χ0v) is 23.6. The van der Waals surface area contributed by atoms with Crippen LogP contribution in [0, 0.1) is 10.8 Å². The minimum absolute atomic E-state index is 0.0426. The number of hydrogen-bond donors (Lipinski definition) is 1. The van der Waals surface area contributed by atoms with Crippen molar-refractivity contribution in [1.82, 2.24) is 0 Å². The van der Waals surface area contributed by atoms with Gasteiger partial charge in [0.1, 0.15) is 0 Å². The van der Waals surface area contributed by atoms with Gasteiger partial charge < -0.3 is 5.32 Å². The van der Waals surface area contributed by atoms with Crippen LogP contribution in [0.15, 0.2) is 47.5 Å². The van der Waals surface area contributed by atoms with E-state index in [1.54, 1.807) is 0 Å². The van der Waals surface area contributed by atoms with Crippen molar-refractivity contribution in [2.24, 2.45) is 15.8 Å². The fourth-order valence-electron chi connectivity index (χ4n) is 3.45. The highest BCUT2D eigenvalue weighted by atomic mass is 16.2. The first-order valence-electron chi connectivity index (χ1n) is 12.4. The molecule has 0 radical (unpaired) electrons. The van der Waals surface area contributed by atoms with Crippen LogP contribution in [-0.2, 0) is 22.0 Å². The van der Waals surface area contributed by atoms with E-state index in [0.29, 0.717) is 0 Å². The molecule has 0 saturated carbocycles. The molecule has 3 heteroatoms. The summed E-state index contributed by atoms with van der Waals surface area (Å²) in [4.78, 5) is 16.6. The maximum Gasteiger partial charge on any atom is 0.229 e. The number of benzene rings is 2. The number of anilines is 1. The largest absolute Gasteiger partial charge is 0.326 e. The summed E-state index contributed by atoms with van der Waals surface area (Å²) in [6, 6.07) is 14.8. The molecule has 0 bridgehead atoms. The number of carbonyl (C=O) groups is 1. The van der Waals surface area contributed by atoms with Crippen molar-refractivity contribution >= 4 is 23.0 Å². The fourth-order valence-corrected chi connectivity index (χ4v) is 3.45. The van der Waals surface area contributed by atoms with E-state index in [2.05, 4.69) is 98.0 Å². The number of hydrogen-bond acceptors (Lipinski definition) is 2. The maximum absolute atomic E-state index is 11.8. The zero-order chi connectivity index (χ0) is 26.1. The van der Waals surface area contributed by atoms with E-state index < -0.39 is 0 Å². The van der Waals surface area contributed by atoms with Gasteiger partial charge in [-0.15, -0.1) is 0 Å². The second-order valence-corrected chi connectivity index (χ2v) is 13.6. The minimum atomic E-state index is -0.358. The Morgan fingerprint density at radius 1 is 0.706 bits per heavy atom. The van der Waals surface area contributed by atoms with Gasteiger partial charge >= 0.3 is 0 Å². The molecular formula is C31H46N2O. The Morgan fingerprint density at radius 2 is 1.21 bits per heavy atom. The number of amides is 1. The molecule has 1 N–H and O–H groups in total. The van der Waals surface area contributed by atoms with E-state index in [4.69, 9.17) is 4.99 Å². The van der Waals surface area contributed by atoms with Crippen molar-refractivity contribution in [3.63, 3.8) is 0 Å². The number of carbonyl (C=O) groups excluding carboxylic acids is 1. The Hall–Kier alpha value is -2.42. The van der Waals surface area contributed by atoms with Gasteiger partial charge in [0.2, 0.25) is 5.91 Å². The summed E-state index contributed by atoms with van der Waals surface area (Å²) < 4.78 is 0. The van der Waals surface area contributed by atoms with Gasteiger partial charge in [0.25, 0.3) is 0 Å². The van der Waals surface area contributed by atoms with Crippen LogP contribution in [0.1, 0.15) is 99.8 Å². The van der Waals surface area contributed by atoms with Gasteiger partial charge in [-0.1, -0.05) is 107 Å². The first-order valence-corrected chi connectivity index (χ1v) is 12.4. The molecule has 0 fully saturated rings. The van der Waals surface area contributed by atoms with Gasteiger partial charge in [0, 0.05) is 28.6 Å². The van der Waals surface area contributed by atoms with Crippen LogP contribution in [-0.4, -0.2) is 11.6 Å². The molecule has 34 heavy (non-hydrogen) atoms. The van der Waals surface area contributed by atoms with Gasteiger partial charge in [-0.2, -0.15) is 0 Å². The number of aliphatic imine (C=N–C) groups is 1. The minimum Gasteiger partial charge on any atom is -0.326 e. The molecule has 1 aliphatic rings. The summed E-state index contributed by atoms with van der Waals surface area (Å²) in [5.74, 6) is 0.0426. The monoisotopic (exact) mass is 462 g/mol. The maximum atomic E-state index is 11.8. The average Bonchev–Trinajstić information content (AvgIpc) is 3.11. The van der Waals surface area contributed by atoms with E-state index in [1.165, 1.54) is 28.1 Å². The van der Waals surface area contributed by atoms with Crippen LogP contribution < -0.4 is 5.32 Å². The lowest BCUT2D eigenvalue weighted by Crippen LogP contribution is -2.27. The van der Waals surface area contributed by atoms with E-state index in [1.807, 2.05) is 32.9 Å². The van der Waals surface area contributed by atoms with Crippen molar-refractivity contribution in [3.05, 3.63) is 59.2 Å². The van der Waals surface area contributed by atoms with E-state index in [-0.39, 0.29) is 27.6 Å². The van der Waals surface area contributed by atoms with Crippen LogP contribution in [0.3, 0.4) is 0 Å². The number of nitrogens with one attached hydrogen (secondary N) is 1. The van der Waals surface area contributed by atoms with Crippen LogP contribution in [0.25, 0.3) is 0 Å². The van der Waals surface area contributed by atoms with E-state index >= 15 is 0 Å². The van der Waals surface area contributed by atoms with Crippen molar-refractivity contribution in [2.45, 2.75) is 100 Å². The van der Waals surface area contributed by atoms with Crippen LogP contribution in [0.5, 0.6) is 0 Å². The lowest BCUT2D eigenvalue weighted by atomic mass is 9.85. The molecule has 1 amide bonds. The Labute approximate surface area is 208 Å². The van der Waals surface area contributed by atoms with Crippen LogP contribution in [0.4, 0.5) is 11.4 Å². The molecule has 2 aromatic rings. The van der Waals surface area contributed by atoms with Gasteiger partial charge in [0.05, 0.1) is 5.69 Å². The summed E-state index contributed by atoms with van der Waals surface area (Å²) in [6.45, 7) is 25.7. The number of nitrogens with zero attached hydrogens (tertiary/aromatic N) is 1. The molecule has 0 aromatic heterocycles. The molecule has 1 aliphatic heterocycles. The topological polar surface area (TPSA) is 41.5 Å². The van der Waals surface area contributed by atoms with Crippen molar-refractivity contribution < 1.29 is 4.79 Å². The van der Waals surface area contributed by atoms with E-state index in [9.17, 15) is 4.79 Å². The standard InChI is InChI=1S/C16H23N.C15H23NO/c1-15(2,3)12-8-7-11-9-14(16(4,5)6)17-13(11)10-12;1-14(2,3)11-7-9-12(10-8-11)16-13(17)15(4,5)6/h7-8,10H,9H2,1-6H3;7-10H,1-6H3,(H,16,17). The highest BCUT2D eigenvalue weighted by Crippen LogP contribution is 2.36. The summed E-state index contributed by atoms with van der Waals surface area (Å²) in [5, 5.41) is 2.92. The van der Waals surface area contributed by atoms with E-state index in [0.717, 1.165) is 12.1 Å². The Balaban J connectivity index is 0.000000240. The van der Waals surface area contributed by atoms with Crippen LogP contribution in [0.2, 0.25) is 0 Å². The third kappa shape index (κ3) is 7.55. The average molecular weight is 463 g/mol. The van der Waals surface area contributed by atoms with Crippen LogP contribution >= 0.6 is 0 Å². The zero-order valence-electron chi connectivity index (χ0n) is 23.6. The highest BCUT2D eigenvalue weighted by Gasteiger charge is 2.26. The Morgan fingerprint density at radius 3 is 1.65 bits per heavy atom. The van der Waals surface area contributed by atoms with Gasteiger partial charge in [-0.05, 0) is 45.7 Å². The number of rotatable bonds is 1. The molecule has 186 valence electrons. The molecule has 3 nitrogen and oxygen atoms in total. The third-order valence-electron chi connectivity index (χ3n) is 6.12. The molecule has 3 rings (SSSR count). The fraction of sp³-hybridized carbons (Fsp3) is 0.548. The van der Waals surface area contributed by atoms with Crippen molar-refractivity contribution in [2.75, 3.05) is 5.32 Å². The van der Waals surface area contributed by atoms with Gasteiger partial charge in [0.15, 0.2) is 0 Å². The Bertz CT molecular complexity index is 1030. The molecule has 0 atom stereocenters. The SMILES string of the molecule is CC(C)(C)C(=O)Nc1ccc(C(C)(C)C)cc1.CC(C)(C)C1=Nc2cc(C(C)(C)C)ccc2C1. The Kier molecular flexibility index (Phi) is 7.92. The lowest BCUT2D eigenvalue weighted by molar-refractivity contribution is -0.123. The normalized spacial score (nSPS) is 14.1. The highest BCUT2D eigenvalue weighted by molar-refractivity contribution is 5.97. The predicted molar refractivity (Wildman–Crippen MR) is 149 cm³/mol. The lowest BCUT2D eigenvalue weighted by Gasteiger charge is -2.20. The first kappa shape index (κ1) is 27.8. The van der Waals surface area contributed by atoms with Gasteiger partial charge in [-0.3, -0.25) is 9.79 Å². The first-order chi connectivity index (χ1) is 15.3. The summed E-state index contributed by atoms with van der Waals surface area (Å²) in [6.07, 6.45) is 1.02. The summed E-state index contributed by atoms with van der Waals surface area (Å²) >= 11 is 0. The van der Waals surface area contributed by atoms with Crippen molar-refractivity contribution in [3.8, 4) is 0 Å². The quantitative estimate of drug-likeness (QED) is 0.453. The number of fused-ring (bicyclic) bond motifs is 1. The molecule has 0 spiro atoms. The second-order valence-electron chi connectivity index (χ2n) is 13.6. The summed E-state index contributed by atoms with van der Waals surface area (Å²) in [5.41, 5.74) is 7.54. The van der Waals surface area contributed by atoms with Gasteiger partial charge in [-0.25, -0.2) is 0 Å². The molecule has 0 aliphatic carbocycles. The molecule has 2 aromatic carbocycles. The molecule has 1 heterocycles. The smallest absolute Gasteiger partial charge is 0.229 e. The second kappa shape index (κ2) is 9.68. The van der Waals surface area contributed by atoms with Crippen molar-refractivity contribution in [1.29, 1.82) is 0 Å². The summed E-state index contributed by atoms with van der Waals surface area (Å²) in [7, 11) is 0. The predicted octanol–water partition coefficient (Wildman–Crippen LogP) is 8.63.